The van der Waals surface area contributed by atoms with E-state index in [9.17, 15) is 14.9 Å². The van der Waals surface area contributed by atoms with Crippen molar-refractivity contribution < 1.29 is 9.72 Å². The van der Waals surface area contributed by atoms with Crippen molar-refractivity contribution in [2.45, 2.75) is 12.8 Å². The van der Waals surface area contributed by atoms with Gasteiger partial charge in [-0.15, -0.1) is 0 Å². The molecule has 4 rings (SSSR count). The van der Waals surface area contributed by atoms with Gasteiger partial charge in [0.2, 0.25) is 0 Å². The standard InChI is InChI=1S/C24H28N6O3/c31-24(23-11-14-29(26-23)21-9-6-10-22(19-21)30(32)33)25-12-4-5-13-27-15-17-28(18-16-27)20-7-2-1-3-8-20/h1-3,6-11,14,19H,4-5,12-13,15-18H2,(H,25,31). The van der Waals surface area contributed by atoms with Gasteiger partial charge in [-0.3, -0.25) is 19.8 Å². The van der Waals surface area contributed by atoms with Crippen molar-refractivity contribution in [1.82, 2.24) is 20.0 Å². The van der Waals surface area contributed by atoms with Gasteiger partial charge in [-0.25, -0.2) is 4.68 Å². The molecule has 33 heavy (non-hydrogen) atoms. The molecule has 0 bridgehead atoms. The lowest BCUT2D eigenvalue weighted by atomic mass is 10.2. The van der Waals surface area contributed by atoms with E-state index in [0.29, 0.717) is 17.9 Å². The van der Waals surface area contributed by atoms with Gasteiger partial charge in [-0.2, -0.15) is 5.10 Å². The van der Waals surface area contributed by atoms with Crippen LogP contribution in [-0.2, 0) is 0 Å². The zero-order chi connectivity index (χ0) is 23.0. The van der Waals surface area contributed by atoms with Crippen LogP contribution in [0.1, 0.15) is 23.3 Å². The molecule has 1 aliphatic rings. The second-order valence-corrected chi connectivity index (χ2v) is 8.05. The first-order valence-corrected chi connectivity index (χ1v) is 11.2. The summed E-state index contributed by atoms with van der Waals surface area (Å²) in [5, 5.41) is 18.1. The van der Waals surface area contributed by atoms with Crippen LogP contribution in [0.5, 0.6) is 0 Å². The number of anilines is 1. The quantitative estimate of drug-likeness (QED) is 0.307. The Hall–Kier alpha value is -3.72. The maximum atomic E-state index is 12.4. The molecule has 3 aromatic rings. The third-order valence-corrected chi connectivity index (χ3v) is 5.81. The molecule has 1 amide bonds. The van der Waals surface area contributed by atoms with E-state index in [0.717, 1.165) is 45.6 Å². The number of piperazine rings is 1. The number of para-hydroxylation sites is 1. The first kappa shape index (κ1) is 22.5. The molecule has 2 heterocycles. The minimum absolute atomic E-state index is 0.0181. The van der Waals surface area contributed by atoms with Crippen LogP contribution in [0.4, 0.5) is 11.4 Å². The largest absolute Gasteiger partial charge is 0.369 e. The van der Waals surface area contributed by atoms with E-state index in [4.69, 9.17) is 0 Å². The monoisotopic (exact) mass is 448 g/mol. The third kappa shape index (κ3) is 5.95. The van der Waals surface area contributed by atoms with Gasteiger partial charge >= 0.3 is 0 Å². The predicted molar refractivity (Wildman–Crippen MR) is 127 cm³/mol. The highest BCUT2D eigenvalue weighted by Gasteiger charge is 2.17. The Balaban J connectivity index is 1.16. The molecule has 172 valence electrons. The van der Waals surface area contributed by atoms with Gasteiger partial charge in [0.05, 0.1) is 10.6 Å². The van der Waals surface area contributed by atoms with Gasteiger partial charge in [-0.05, 0) is 43.7 Å². The van der Waals surface area contributed by atoms with E-state index in [1.807, 2.05) is 6.07 Å². The highest BCUT2D eigenvalue weighted by Crippen LogP contribution is 2.17. The maximum Gasteiger partial charge on any atom is 0.271 e. The molecule has 1 aromatic heterocycles. The van der Waals surface area contributed by atoms with Gasteiger partial charge in [0, 0.05) is 56.7 Å². The highest BCUT2D eigenvalue weighted by molar-refractivity contribution is 5.92. The van der Waals surface area contributed by atoms with Crippen LogP contribution in [-0.4, -0.2) is 64.8 Å². The van der Waals surface area contributed by atoms with Gasteiger partial charge in [0.1, 0.15) is 0 Å². The summed E-state index contributed by atoms with van der Waals surface area (Å²) in [6.45, 7) is 5.79. The van der Waals surface area contributed by atoms with E-state index < -0.39 is 4.92 Å². The fourth-order valence-corrected chi connectivity index (χ4v) is 3.96. The van der Waals surface area contributed by atoms with Crippen LogP contribution >= 0.6 is 0 Å². The van der Waals surface area contributed by atoms with Crippen LogP contribution in [0.15, 0.2) is 66.9 Å². The lowest BCUT2D eigenvalue weighted by Crippen LogP contribution is -2.46. The number of nitrogens with zero attached hydrogens (tertiary/aromatic N) is 5. The third-order valence-electron chi connectivity index (χ3n) is 5.81. The number of carbonyl (C=O) groups excluding carboxylic acids is 1. The van der Waals surface area contributed by atoms with Crippen LogP contribution in [0.2, 0.25) is 0 Å². The Labute approximate surface area is 192 Å². The zero-order valence-electron chi connectivity index (χ0n) is 18.5. The second kappa shape index (κ2) is 10.7. The first-order valence-electron chi connectivity index (χ1n) is 11.2. The summed E-state index contributed by atoms with van der Waals surface area (Å²) in [5.41, 5.74) is 2.09. The van der Waals surface area contributed by atoms with E-state index in [1.165, 1.54) is 22.5 Å². The maximum absolute atomic E-state index is 12.4. The summed E-state index contributed by atoms with van der Waals surface area (Å²) in [5.74, 6) is -0.240. The van der Waals surface area contributed by atoms with Crippen molar-refractivity contribution in [3.63, 3.8) is 0 Å². The van der Waals surface area contributed by atoms with Crippen LogP contribution in [0.25, 0.3) is 5.69 Å². The van der Waals surface area contributed by atoms with Crippen molar-refractivity contribution in [2.75, 3.05) is 44.2 Å². The molecule has 1 saturated heterocycles. The van der Waals surface area contributed by atoms with Crippen molar-refractivity contribution in [1.29, 1.82) is 0 Å². The Morgan fingerprint density at radius 2 is 1.73 bits per heavy atom. The average Bonchev–Trinajstić information content (AvgIpc) is 3.35. The number of carbonyl (C=O) groups is 1. The number of unbranched alkanes of at least 4 members (excludes halogenated alkanes) is 1. The molecule has 0 radical (unpaired) electrons. The van der Waals surface area contributed by atoms with Crippen molar-refractivity contribution in [3.8, 4) is 5.69 Å². The number of amides is 1. The van der Waals surface area contributed by atoms with Crippen molar-refractivity contribution >= 4 is 17.3 Å². The molecule has 2 aromatic carbocycles. The van der Waals surface area contributed by atoms with Crippen LogP contribution in [0, 0.1) is 10.1 Å². The molecule has 1 aliphatic heterocycles. The number of hydrogen-bond donors (Lipinski definition) is 1. The molecule has 1 N–H and O–H groups in total. The van der Waals surface area contributed by atoms with Gasteiger partial charge < -0.3 is 10.2 Å². The number of nitrogens with one attached hydrogen (secondary N) is 1. The fourth-order valence-electron chi connectivity index (χ4n) is 3.96. The Bertz CT molecular complexity index is 1080. The summed E-state index contributed by atoms with van der Waals surface area (Å²) in [7, 11) is 0. The number of hydrogen-bond acceptors (Lipinski definition) is 6. The lowest BCUT2D eigenvalue weighted by molar-refractivity contribution is -0.384. The topological polar surface area (TPSA) is 96.5 Å². The minimum atomic E-state index is -0.455. The Kier molecular flexibility index (Phi) is 7.31. The molecule has 9 nitrogen and oxygen atoms in total. The van der Waals surface area contributed by atoms with Crippen LogP contribution < -0.4 is 10.2 Å². The summed E-state index contributed by atoms with van der Waals surface area (Å²) in [6.07, 6.45) is 3.55. The summed E-state index contributed by atoms with van der Waals surface area (Å²) in [4.78, 5) is 27.8. The number of rotatable bonds is 9. The average molecular weight is 449 g/mol. The number of benzene rings is 2. The highest BCUT2D eigenvalue weighted by atomic mass is 16.6. The number of aromatic nitrogens is 2. The lowest BCUT2D eigenvalue weighted by Gasteiger charge is -2.36. The molecule has 0 aliphatic carbocycles. The molecule has 0 spiro atoms. The minimum Gasteiger partial charge on any atom is -0.369 e. The first-order chi connectivity index (χ1) is 16.1. The normalized spacial score (nSPS) is 14.2. The molecule has 9 heteroatoms. The number of nitro benzene ring substituents is 1. The molecular weight excluding hydrogens is 420 g/mol. The van der Waals surface area contributed by atoms with Crippen LogP contribution in [0.3, 0.4) is 0 Å². The van der Waals surface area contributed by atoms with E-state index >= 15 is 0 Å². The molecule has 0 saturated carbocycles. The SMILES string of the molecule is O=C(NCCCCN1CCN(c2ccccc2)CC1)c1ccn(-c2cccc([N+](=O)[O-])c2)n1. The summed E-state index contributed by atoms with van der Waals surface area (Å²) >= 11 is 0. The second-order valence-electron chi connectivity index (χ2n) is 8.05. The number of nitro groups is 1. The Morgan fingerprint density at radius 3 is 2.48 bits per heavy atom. The predicted octanol–water partition coefficient (Wildman–Crippen LogP) is 3.11. The number of non-ortho nitro benzene ring substituents is 1. The smallest absolute Gasteiger partial charge is 0.271 e. The van der Waals surface area contributed by atoms with E-state index in [-0.39, 0.29) is 11.6 Å². The van der Waals surface area contributed by atoms with Crippen molar-refractivity contribution in [3.05, 3.63) is 82.7 Å². The summed E-state index contributed by atoms with van der Waals surface area (Å²) < 4.78 is 1.47. The molecular formula is C24H28N6O3. The van der Waals surface area contributed by atoms with Gasteiger partial charge in [0.15, 0.2) is 5.69 Å². The van der Waals surface area contributed by atoms with E-state index in [2.05, 4.69) is 44.5 Å². The molecule has 1 fully saturated rings. The van der Waals surface area contributed by atoms with Gasteiger partial charge in [-0.1, -0.05) is 24.3 Å². The van der Waals surface area contributed by atoms with E-state index in [1.54, 1.807) is 24.4 Å². The Morgan fingerprint density at radius 1 is 0.970 bits per heavy atom. The zero-order valence-corrected chi connectivity index (χ0v) is 18.5. The van der Waals surface area contributed by atoms with Crippen molar-refractivity contribution in [2.24, 2.45) is 0 Å². The fraction of sp³-hybridized carbons (Fsp3) is 0.333. The summed E-state index contributed by atoms with van der Waals surface area (Å²) in [6, 6.07) is 18.3. The van der Waals surface area contributed by atoms with Gasteiger partial charge in [0.25, 0.3) is 11.6 Å². The molecule has 0 atom stereocenters. The molecule has 0 unspecified atom stereocenters.